The number of halogens is 1. The Kier molecular flexibility index (Phi) is 6.25. The molecule has 0 spiro atoms. The molecule has 0 aliphatic rings. The van der Waals surface area contributed by atoms with Crippen molar-refractivity contribution in [3.8, 4) is 6.07 Å². The second kappa shape index (κ2) is 8.83. The van der Waals surface area contributed by atoms with Gasteiger partial charge in [0, 0.05) is 21.7 Å². The van der Waals surface area contributed by atoms with E-state index in [9.17, 15) is 10.1 Å². The van der Waals surface area contributed by atoms with Crippen LogP contribution in [-0.2, 0) is 4.79 Å². The van der Waals surface area contributed by atoms with Crippen molar-refractivity contribution in [2.45, 2.75) is 23.8 Å². The number of carbonyl (C=O) groups excluding carboxylic acids is 1. The molecule has 0 unspecified atom stereocenters. The van der Waals surface area contributed by atoms with Crippen molar-refractivity contribution in [1.29, 1.82) is 5.26 Å². The zero-order valence-corrected chi connectivity index (χ0v) is 16.9. The van der Waals surface area contributed by atoms with Gasteiger partial charge in [0.25, 0.3) is 5.91 Å². The Hall–Kier alpha value is -2.94. The highest BCUT2D eigenvalue weighted by Crippen LogP contribution is 2.30. The minimum Gasteiger partial charge on any atom is -0.450 e. The maximum atomic E-state index is 12.4. The van der Waals surface area contributed by atoms with E-state index in [1.807, 2.05) is 50.2 Å². The Balaban J connectivity index is 1.72. The first-order chi connectivity index (χ1) is 13.4. The summed E-state index contributed by atoms with van der Waals surface area (Å²) in [4.78, 5) is 13.4. The topological polar surface area (TPSA) is 66.0 Å². The van der Waals surface area contributed by atoms with Crippen molar-refractivity contribution in [1.82, 2.24) is 0 Å². The van der Waals surface area contributed by atoms with Gasteiger partial charge in [-0.05, 0) is 73.5 Å². The second-order valence-electron chi connectivity index (χ2n) is 6.14. The molecule has 0 saturated heterocycles. The predicted octanol–water partition coefficient (Wildman–Crippen LogP) is 6.25. The average molecular weight is 409 g/mol. The number of nitriles is 1. The van der Waals surface area contributed by atoms with Crippen LogP contribution >= 0.6 is 23.4 Å². The van der Waals surface area contributed by atoms with E-state index in [1.54, 1.807) is 24.3 Å². The van der Waals surface area contributed by atoms with E-state index in [0.29, 0.717) is 21.6 Å². The predicted molar refractivity (Wildman–Crippen MR) is 112 cm³/mol. The minimum atomic E-state index is -0.478. The third kappa shape index (κ3) is 5.07. The van der Waals surface area contributed by atoms with Gasteiger partial charge in [0.05, 0.1) is 0 Å². The van der Waals surface area contributed by atoms with Gasteiger partial charge in [-0.1, -0.05) is 29.4 Å². The van der Waals surface area contributed by atoms with Crippen LogP contribution in [0.4, 0.5) is 5.69 Å². The van der Waals surface area contributed by atoms with Crippen LogP contribution in [0, 0.1) is 25.2 Å². The molecule has 1 aromatic heterocycles. The van der Waals surface area contributed by atoms with Crippen LogP contribution in [0.3, 0.4) is 0 Å². The first-order valence-corrected chi connectivity index (χ1v) is 9.68. The monoisotopic (exact) mass is 408 g/mol. The zero-order chi connectivity index (χ0) is 20.1. The Morgan fingerprint density at radius 1 is 1.11 bits per heavy atom. The number of amides is 1. The molecule has 28 heavy (non-hydrogen) atoms. The average Bonchev–Trinajstić information content (AvgIpc) is 3.11. The van der Waals surface area contributed by atoms with Crippen LogP contribution in [0.25, 0.3) is 6.08 Å². The normalized spacial score (nSPS) is 11.1. The van der Waals surface area contributed by atoms with Gasteiger partial charge in [0.1, 0.15) is 17.4 Å². The second-order valence-corrected chi connectivity index (χ2v) is 7.65. The number of hydrogen-bond acceptors (Lipinski definition) is 4. The molecular formula is C22H17ClN2O2S. The highest BCUT2D eigenvalue weighted by atomic mass is 35.5. The molecule has 1 N–H and O–H groups in total. The van der Waals surface area contributed by atoms with Gasteiger partial charge in [-0.2, -0.15) is 5.26 Å². The van der Waals surface area contributed by atoms with Crippen LogP contribution in [0.15, 0.2) is 74.6 Å². The molecule has 3 rings (SSSR count). The highest BCUT2D eigenvalue weighted by Gasteiger charge is 2.12. The van der Waals surface area contributed by atoms with Gasteiger partial charge < -0.3 is 9.73 Å². The maximum Gasteiger partial charge on any atom is 0.266 e. The number of rotatable bonds is 5. The van der Waals surface area contributed by atoms with Gasteiger partial charge in [0.15, 0.2) is 5.09 Å². The Morgan fingerprint density at radius 3 is 2.54 bits per heavy atom. The molecule has 6 heteroatoms. The molecule has 0 bridgehead atoms. The van der Waals surface area contributed by atoms with Crippen LogP contribution < -0.4 is 5.32 Å². The zero-order valence-electron chi connectivity index (χ0n) is 15.3. The summed E-state index contributed by atoms with van der Waals surface area (Å²) in [5, 5.41) is 13.4. The fourth-order valence-corrected chi connectivity index (χ4v) is 3.30. The third-order valence-electron chi connectivity index (χ3n) is 4.05. The number of nitrogens with one attached hydrogen (secondary N) is 1. The molecule has 0 aliphatic carbocycles. The molecule has 2 aromatic carbocycles. The molecule has 3 aromatic rings. The largest absolute Gasteiger partial charge is 0.450 e. The number of aryl methyl sites for hydroxylation is 2. The number of hydrogen-bond donors (Lipinski definition) is 1. The van der Waals surface area contributed by atoms with Crippen molar-refractivity contribution in [3.05, 3.63) is 82.1 Å². The first kappa shape index (κ1) is 19.8. The minimum absolute atomic E-state index is 0.0318. The third-order valence-corrected chi connectivity index (χ3v) is 5.23. The Morgan fingerprint density at radius 2 is 1.86 bits per heavy atom. The van der Waals surface area contributed by atoms with Crippen LogP contribution in [-0.4, -0.2) is 5.91 Å². The molecule has 0 radical (unpaired) electrons. The SMILES string of the molecule is Cc1ccc(NC(=O)/C(C#N)=C/c2ccc(Sc3ccc(Cl)cc3)o2)cc1C. The fraction of sp³-hybridized carbons (Fsp3) is 0.0909. The Bertz CT molecular complexity index is 1080. The van der Waals surface area contributed by atoms with Crippen molar-refractivity contribution < 1.29 is 9.21 Å². The number of nitrogens with zero attached hydrogens (tertiary/aromatic N) is 1. The van der Waals surface area contributed by atoms with Crippen molar-refractivity contribution >= 4 is 41.0 Å². The summed E-state index contributed by atoms with van der Waals surface area (Å²) in [7, 11) is 0. The van der Waals surface area contributed by atoms with E-state index in [4.69, 9.17) is 16.0 Å². The van der Waals surface area contributed by atoms with E-state index >= 15 is 0 Å². The quantitative estimate of drug-likeness (QED) is 0.400. The summed E-state index contributed by atoms with van der Waals surface area (Å²) in [6.07, 6.45) is 1.43. The Labute approximate surface area is 172 Å². The molecular weight excluding hydrogens is 392 g/mol. The lowest BCUT2D eigenvalue weighted by Gasteiger charge is -2.06. The van der Waals surface area contributed by atoms with Gasteiger partial charge >= 0.3 is 0 Å². The van der Waals surface area contributed by atoms with Crippen molar-refractivity contribution in [3.63, 3.8) is 0 Å². The van der Waals surface area contributed by atoms with E-state index in [-0.39, 0.29) is 5.57 Å². The van der Waals surface area contributed by atoms with Gasteiger partial charge in [-0.25, -0.2) is 0 Å². The van der Waals surface area contributed by atoms with Crippen LogP contribution in [0.1, 0.15) is 16.9 Å². The summed E-state index contributed by atoms with van der Waals surface area (Å²) in [5.41, 5.74) is 2.81. The fourth-order valence-electron chi connectivity index (χ4n) is 2.39. The molecule has 1 heterocycles. The summed E-state index contributed by atoms with van der Waals surface area (Å²) < 4.78 is 5.71. The van der Waals surface area contributed by atoms with Gasteiger partial charge in [0.2, 0.25) is 0 Å². The van der Waals surface area contributed by atoms with Gasteiger partial charge in [-0.15, -0.1) is 0 Å². The van der Waals surface area contributed by atoms with E-state index in [1.165, 1.54) is 17.8 Å². The maximum absolute atomic E-state index is 12.4. The summed E-state index contributed by atoms with van der Waals surface area (Å²) in [6.45, 7) is 3.97. The number of anilines is 1. The summed E-state index contributed by atoms with van der Waals surface area (Å²) >= 11 is 7.31. The summed E-state index contributed by atoms with van der Waals surface area (Å²) in [6, 6.07) is 18.4. The molecule has 0 fully saturated rings. The van der Waals surface area contributed by atoms with Crippen molar-refractivity contribution in [2.24, 2.45) is 0 Å². The summed E-state index contributed by atoms with van der Waals surface area (Å²) in [5.74, 6) is -0.0442. The molecule has 0 aliphatic heterocycles. The highest BCUT2D eigenvalue weighted by molar-refractivity contribution is 7.99. The van der Waals surface area contributed by atoms with Crippen LogP contribution in [0.2, 0.25) is 5.02 Å². The number of benzene rings is 2. The number of carbonyl (C=O) groups is 1. The molecule has 140 valence electrons. The lowest BCUT2D eigenvalue weighted by molar-refractivity contribution is -0.112. The smallest absolute Gasteiger partial charge is 0.266 e. The first-order valence-electron chi connectivity index (χ1n) is 8.48. The molecule has 1 amide bonds. The van der Waals surface area contributed by atoms with Crippen molar-refractivity contribution in [2.75, 3.05) is 5.32 Å². The molecule has 0 saturated carbocycles. The molecule has 4 nitrogen and oxygen atoms in total. The van der Waals surface area contributed by atoms with Gasteiger partial charge in [-0.3, -0.25) is 4.79 Å². The van der Waals surface area contributed by atoms with Crippen LogP contribution in [0.5, 0.6) is 0 Å². The van der Waals surface area contributed by atoms with E-state index < -0.39 is 5.91 Å². The standard InChI is InChI=1S/C22H17ClN2O2S/c1-14-3-6-18(11-15(14)2)25-22(26)16(13-24)12-19-7-10-21(27-19)28-20-8-4-17(23)5-9-20/h3-12H,1-2H3,(H,25,26)/b16-12+. The lowest BCUT2D eigenvalue weighted by Crippen LogP contribution is -2.13. The molecule has 0 atom stereocenters. The number of furan rings is 1. The van der Waals surface area contributed by atoms with E-state index in [2.05, 4.69) is 5.32 Å². The van der Waals surface area contributed by atoms with E-state index in [0.717, 1.165) is 16.0 Å². The lowest BCUT2D eigenvalue weighted by atomic mass is 10.1.